The van der Waals surface area contributed by atoms with Crippen molar-refractivity contribution in [2.24, 2.45) is 15.1 Å². The predicted molar refractivity (Wildman–Crippen MR) is 149 cm³/mol. The van der Waals surface area contributed by atoms with Crippen LogP contribution in [0, 0.1) is 0 Å². The Morgan fingerprint density at radius 2 is 1.83 bits per heavy atom. The molecule has 1 aliphatic heterocycles. The van der Waals surface area contributed by atoms with Gasteiger partial charge in [0.15, 0.2) is 5.84 Å². The first kappa shape index (κ1) is 22.7. The van der Waals surface area contributed by atoms with E-state index in [-0.39, 0.29) is 5.41 Å². The summed E-state index contributed by atoms with van der Waals surface area (Å²) in [6, 6.07) is 13.3. The fourth-order valence-corrected chi connectivity index (χ4v) is 5.16. The van der Waals surface area contributed by atoms with E-state index in [4.69, 9.17) is 5.10 Å². The lowest BCUT2D eigenvalue weighted by atomic mass is 9.80. The monoisotopic (exact) mass is 458 g/mol. The van der Waals surface area contributed by atoms with Gasteiger partial charge in [0, 0.05) is 17.2 Å². The molecule has 35 heavy (non-hydrogen) atoms. The first-order chi connectivity index (χ1) is 17.0. The first-order valence-corrected chi connectivity index (χ1v) is 12.0. The van der Waals surface area contributed by atoms with Crippen molar-refractivity contribution in [3.05, 3.63) is 113 Å². The van der Waals surface area contributed by atoms with Crippen LogP contribution in [0.3, 0.4) is 0 Å². The lowest BCUT2D eigenvalue weighted by Crippen LogP contribution is -2.16. The molecule has 5 rings (SSSR count). The van der Waals surface area contributed by atoms with Gasteiger partial charge in [-0.25, -0.2) is 4.99 Å². The minimum Gasteiger partial charge on any atom is -0.296 e. The molecule has 0 radical (unpaired) electrons. The quantitative estimate of drug-likeness (QED) is 0.356. The largest absolute Gasteiger partial charge is 0.296 e. The van der Waals surface area contributed by atoms with Crippen molar-refractivity contribution < 1.29 is 0 Å². The smallest absolute Gasteiger partial charge is 0.178 e. The topological polar surface area (TPSA) is 40.3 Å². The van der Waals surface area contributed by atoms with Crippen molar-refractivity contribution in [3.8, 4) is 11.1 Å². The van der Waals surface area contributed by atoms with E-state index in [1.807, 2.05) is 23.4 Å². The summed E-state index contributed by atoms with van der Waals surface area (Å²) in [4.78, 5) is 8.39. The zero-order valence-electron chi connectivity index (χ0n) is 20.4. The van der Waals surface area contributed by atoms with E-state index in [1.54, 1.807) is 0 Å². The molecule has 0 N–H and O–H groups in total. The molecule has 1 heterocycles. The molecular formula is C31H30N4. The second-order valence-electron chi connectivity index (χ2n) is 9.54. The Morgan fingerprint density at radius 3 is 2.60 bits per heavy atom. The van der Waals surface area contributed by atoms with Crippen LogP contribution in [0.5, 0.6) is 0 Å². The van der Waals surface area contributed by atoms with E-state index < -0.39 is 0 Å². The van der Waals surface area contributed by atoms with E-state index in [0.717, 1.165) is 23.1 Å². The minimum absolute atomic E-state index is 0.0459. The molecule has 2 aromatic rings. The third kappa shape index (κ3) is 4.28. The molecule has 0 atom stereocenters. The zero-order chi connectivity index (χ0) is 24.4. The molecule has 2 aromatic carbocycles. The Morgan fingerprint density at radius 1 is 0.971 bits per heavy atom. The molecule has 0 saturated heterocycles. The second-order valence-corrected chi connectivity index (χ2v) is 9.54. The van der Waals surface area contributed by atoms with Crippen LogP contribution in [-0.2, 0) is 12.0 Å². The number of benzene rings is 2. The molecular weight excluding hydrogens is 428 g/mol. The van der Waals surface area contributed by atoms with Crippen LogP contribution in [0.1, 0.15) is 42.5 Å². The molecule has 0 fully saturated rings. The lowest BCUT2D eigenvalue weighted by molar-refractivity contribution is 0.439. The van der Waals surface area contributed by atoms with Crippen molar-refractivity contribution in [2.75, 3.05) is 6.54 Å². The second kappa shape index (κ2) is 9.30. The molecule has 0 saturated carbocycles. The average molecular weight is 459 g/mol. The van der Waals surface area contributed by atoms with Gasteiger partial charge in [-0.05, 0) is 89.2 Å². The van der Waals surface area contributed by atoms with Gasteiger partial charge in [-0.1, -0.05) is 62.4 Å². The van der Waals surface area contributed by atoms with E-state index >= 15 is 0 Å². The summed E-state index contributed by atoms with van der Waals surface area (Å²) in [5.41, 5.74) is 9.79. The normalized spacial score (nSPS) is 17.9. The van der Waals surface area contributed by atoms with Crippen molar-refractivity contribution in [1.82, 2.24) is 5.01 Å². The zero-order valence-corrected chi connectivity index (χ0v) is 20.4. The van der Waals surface area contributed by atoms with E-state index in [2.05, 4.69) is 104 Å². The van der Waals surface area contributed by atoms with Crippen molar-refractivity contribution in [3.63, 3.8) is 0 Å². The van der Waals surface area contributed by atoms with Gasteiger partial charge in [-0.3, -0.25) is 10.0 Å². The van der Waals surface area contributed by atoms with Gasteiger partial charge >= 0.3 is 0 Å². The number of hydrogen-bond donors (Lipinski definition) is 0. The molecule has 4 heteroatoms. The minimum atomic E-state index is -0.0459. The Kier molecular flexibility index (Phi) is 6.04. The van der Waals surface area contributed by atoms with Crippen LogP contribution >= 0.6 is 0 Å². The Bertz CT molecular complexity index is 1380. The number of fused-ring (bicyclic) bond motifs is 2. The van der Waals surface area contributed by atoms with E-state index in [9.17, 15) is 0 Å². The predicted octanol–water partition coefficient (Wildman–Crippen LogP) is 6.86. The van der Waals surface area contributed by atoms with Gasteiger partial charge in [-0.15, -0.1) is 0 Å². The fourth-order valence-electron chi connectivity index (χ4n) is 5.16. The summed E-state index contributed by atoms with van der Waals surface area (Å²) in [7, 11) is 0. The lowest BCUT2D eigenvalue weighted by Gasteiger charge is -2.23. The average Bonchev–Trinajstić information content (AvgIpc) is 3.03. The van der Waals surface area contributed by atoms with Gasteiger partial charge < -0.3 is 0 Å². The highest BCUT2D eigenvalue weighted by Crippen LogP contribution is 2.49. The molecule has 0 bridgehead atoms. The number of hydrazone groups is 1. The summed E-state index contributed by atoms with van der Waals surface area (Å²) in [5.74, 6) is 0.587. The van der Waals surface area contributed by atoms with E-state index in [0.29, 0.717) is 18.9 Å². The first-order valence-electron chi connectivity index (χ1n) is 12.0. The van der Waals surface area contributed by atoms with Gasteiger partial charge in [-0.2, -0.15) is 5.10 Å². The highest BCUT2D eigenvalue weighted by Gasteiger charge is 2.36. The van der Waals surface area contributed by atoms with Crippen LogP contribution in [0.25, 0.3) is 16.7 Å². The number of allylic oxidation sites excluding steroid dienone is 8. The van der Waals surface area contributed by atoms with Crippen LogP contribution in [0.2, 0.25) is 0 Å². The maximum absolute atomic E-state index is 4.71. The summed E-state index contributed by atoms with van der Waals surface area (Å²) < 4.78 is 0. The SMILES string of the molecule is C=NCc1cc(/C(N=C)=N/N2C=CC=CC2)cc(-c2ccc3c(c2)C(C)(C)C2=C3CC=CC=C2)c1. The van der Waals surface area contributed by atoms with Gasteiger partial charge in [0.2, 0.25) is 0 Å². The third-order valence-electron chi connectivity index (χ3n) is 6.90. The number of amidine groups is 1. The van der Waals surface area contributed by atoms with Gasteiger partial charge in [0.25, 0.3) is 0 Å². The number of nitrogens with zero attached hydrogens (tertiary/aromatic N) is 4. The molecule has 4 nitrogen and oxygen atoms in total. The highest BCUT2D eigenvalue weighted by molar-refractivity contribution is 6.02. The summed E-state index contributed by atoms with van der Waals surface area (Å²) in [6.07, 6.45) is 17.7. The van der Waals surface area contributed by atoms with Crippen LogP contribution in [0.4, 0.5) is 0 Å². The van der Waals surface area contributed by atoms with Crippen molar-refractivity contribution >= 4 is 24.8 Å². The van der Waals surface area contributed by atoms with Crippen molar-refractivity contribution in [2.45, 2.75) is 32.2 Å². The Hall–Kier alpha value is -4.05. The molecule has 0 amide bonds. The maximum Gasteiger partial charge on any atom is 0.178 e. The summed E-state index contributed by atoms with van der Waals surface area (Å²) in [5, 5.41) is 6.58. The molecule has 2 aliphatic carbocycles. The molecule has 0 unspecified atom stereocenters. The molecule has 174 valence electrons. The molecule has 3 aliphatic rings. The standard InChI is InChI=1S/C31H30N4/c1-31(2)28-12-8-5-7-11-26(28)27-14-13-23(20-29(27)31)24-17-22(21-32-3)18-25(19-24)30(33-4)34-35-15-9-6-10-16-35/h5-10,12-15,17-20H,3-4,11,16,21H2,1-2H3/b34-30-. The summed E-state index contributed by atoms with van der Waals surface area (Å²) in [6.45, 7) is 13.4. The number of rotatable bonds is 5. The molecule has 0 aromatic heterocycles. The van der Waals surface area contributed by atoms with Gasteiger partial charge in [0.05, 0.1) is 13.1 Å². The highest BCUT2D eigenvalue weighted by atomic mass is 15.5. The van der Waals surface area contributed by atoms with Crippen LogP contribution in [0.15, 0.2) is 106 Å². The third-order valence-corrected chi connectivity index (χ3v) is 6.90. The maximum atomic E-state index is 4.71. The van der Waals surface area contributed by atoms with Crippen LogP contribution < -0.4 is 0 Å². The molecule has 0 spiro atoms. The van der Waals surface area contributed by atoms with Crippen molar-refractivity contribution in [1.29, 1.82) is 0 Å². The van der Waals surface area contributed by atoms with E-state index in [1.165, 1.54) is 27.8 Å². The van der Waals surface area contributed by atoms with Gasteiger partial charge in [0.1, 0.15) is 0 Å². The number of hydrogen-bond acceptors (Lipinski definition) is 3. The Balaban J connectivity index is 1.58. The number of aliphatic imine (C=N–C) groups is 2. The van der Waals surface area contributed by atoms with Crippen LogP contribution in [-0.4, -0.2) is 30.8 Å². The Labute approximate surface area is 207 Å². The fraction of sp³-hybridized carbons (Fsp3) is 0.194. The summed E-state index contributed by atoms with van der Waals surface area (Å²) >= 11 is 0.